The first-order chi connectivity index (χ1) is 17.2. The van der Waals surface area contributed by atoms with Crippen LogP contribution in [0.25, 0.3) is 0 Å². The molecule has 35 heavy (non-hydrogen) atoms. The highest BCUT2D eigenvalue weighted by molar-refractivity contribution is 6.04. The van der Waals surface area contributed by atoms with E-state index in [0.29, 0.717) is 11.5 Å². The van der Waals surface area contributed by atoms with Crippen molar-refractivity contribution in [3.8, 4) is 0 Å². The average Bonchev–Trinajstić information content (AvgIpc) is 3.66. The Hall–Kier alpha value is -3.29. The number of aryl methyl sites for hydroxylation is 1. The van der Waals surface area contributed by atoms with Crippen LogP contribution in [-0.2, 0) is 4.74 Å². The molecule has 0 aliphatic carbocycles. The van der Waals surface area contributed by atoms with Crippen LogP contribution in [0, 0.1) is 6.92 Å². The van der Waals surface area contributed by atoms with Gasteiger partial charge in [0.05, 0.1) is 5.56 Å². The van der Waals surface area contributed by atoms with Crippen molar-refractivity contribution in [2.45, 2.75) is 44.4 Å². The standard InChI is InChI=1S/C28H31N5O2/c1-19-3-4-22(17-24(19)31-27(34)23-5-6-25(30-18-23)32-13-2-14-32)26-28(35-26)33-15-9-21(10-16-33)20-7-11-29-12-8-20/h3-8,11-12,17-18,21,26,28H,2,9-10,13-16H2,1H3,(H,31,34). The molecular formula is C28H31N5O2. The molecule has 3 saturated heterocycles. The van der Waals surface area contributed by atoms with Gasteiger partial charge >= 0.3 is 0 Å². The molecule has 2 unspecified atom stereocenters. The lowest BCUT2D eigenvalue weighted by Crippen LogP contribution is -2.37. The number of carbonyl (C=O) groups is 1. The number of hydrogen-bond acceptors (Lipinski definition) is 6. The van der Waals surface area contributed by atoms with Gasteiger partial charge in [0.25, 0.3) is 5.91 Å². The van der Waals surface area contributed by atoms with Gasteiger partial charge in [-0.2, -0.15) is 0 Å². The highest BCUT2D eigenvalue weighted by Gasteiger charge is 2.45. The monoisotopic (exact) mass is 469 g/mol. The van der Waals surface area contributed by atoms with Crippen molar-refractivity contribution in [2.24, 2.45) is 0 Å². The molecule has 3 fully saturated rings. The number of carbonyl (C=O) groups excluding carboxylic acids is 1. The maximum Gasteiger partial charge on any atom is 0.257 e. The van der Waals surface area contributed by atoms with Gasteiger partial charge < -0.3 is 15.0 Å². The number of pyridine rings is 2. The van der Waals surface area contributed by atoms with Crippen molar-refractivity contribution in [3.05, 3.63) is 83.3 Å². The Morgan fingerprint density at radius 2 is 1.80 bits per heavy atom. The zero-order chi connectivity index (χ0) is 23.8. The van der Waals surface area contributed by atoms with Crippen LogP contribution in [0.4, 0.5) is 11.5 Å². The third-order valence-corrected chi connectivity index (χ3v) is 7.56. The smallest absolute Gasteiger partial charge is 0.257 e. The minimum absolute atomic E-state index is 0.0567. The van der Waals surface area contributed by atoms with Crippen LogP contribution < -0.4 is 10.2 Å². The summed E-state index contributed by atoms with van der Waals surface area (Å²) in [5.74, 6) is 1.40. The highest BCUT2D eigenvalue weighted by Crippen LogP contribution is 2.44. The number of aromatic nitrogens is 2. The van der Waals surface area contributed by atoms with E-state index in [0.717, 1.165) is 61.7 Å². The normalized spacial score (nSPS) is 22.5. The summed E-state index contributed by atoms with van der Waals surface area (Å²) in [6, 6.07) is 14.3. The maximum atomic E-state index is 12.9. The van der Waals surface area contributed by atoms with E-state index in [-0.39, 0.29) is 18.2 Å². The van der Waals surface area contributed by atoms with Crippen LogP contribution in [0.3, 0.4) is 0 Å². The van der Waals surface area contributed by atoms with Crippen LogP contribution in [0.15, 0.2) is 61.1 Å². The van der Waals surface area contributed by atoms with Gasteiger partial charge in [-0.1, -0.05) is 12.1 Å². The molecule has 5 heterocycles. The molecule has 1 aromatic carbocycles. The SMILES string of the molecule is Cc1ccc(C2OC2N2CCC(c3ccncc3)CC2)cc1NC(=O)c1ccc(N2CCC2)nc1. The molecular weight excluding hydrogens is 438 g/mol. The summed E-state index contributed by atoms with van der Waals surface area (Å²) < 4.78 is 6.11. The quantitative estimate of drug-likeness (QED) is 0.535. The number of benzene rings is 1. The van der Waals surface area contributed by atoms with Crippen LogP contribution in [0.5, 0.6) is 0 Å². The molecule has 0 spiro atoms. The first-order valence-corrected chi connectivity index (χ1v) is 12.6. The number of nitrogens with zero attached hydrogens (tertiary/aromatic N) is 4. The van der Waals surface area contributed by atoms with Crippen LogP contribution in [0.2, 0.25) is 0 Å². The number of likely N-dealkylation sites (tertiary alicyclic amines) is 1. The molecule has 1 N–H and O–H groups in total. The van der Waals surface area contributed by atoms with Crippen LogP contribution in [-0.4, -0.2) is 53.2 Å². The zero-order valence-electron chi connectivity index (χ0n) is 20.1. The van der Waals surface area contributed by atoms with Gasteiger partial charge in [-0.15, -0.1) is 0 Å². The summed E-state index contributed by atoms with van der Waals surface area (Å²) in [6.45, 7) is 6.16. The van der Waals surface area contributed by atoms with Crippen molar-refractivity contribution in [1.82, 2.24) is 14.9 Å². The van der Waals surface area contributed by atoms with Gasteiger partial charge in [0.2, 0.25) is 0 Å². The number of piperidine rings is 1. The Morgan fingerprint density at radius 3 is 2.49 bits per heavy atom. The summed E-state index contributed by atoms with van der Waals surface area (Å²) in [5.41, 5.74) is 4.92. The Morgan fingerprint density at radius 1 is 1.00 bits per heavy atom. The first kappa shape index (κ1) is 22.2. The number of nitrogens with one attached hydrogen (secondary N) is 1. The summed E-state index contributed by atoms with van der Waals surface area (Å²) in [7, 11) is 0. The van der Waals surface area contributed by atoms with E-state index in [4.69, 9.17) is 4.74 Å². The number of hydrogen-bond donors (Lipinski definition) is 1. The first-order valence-electron chi connectivity index (χ1n) is 12.6. The molecule has 0 radical (unpaired) electrons. The van der Waals surface area contributed by atoms with Crippen molar-refractivity contribution >= 4 is 17.4 Å². The summed E-state index contributed by atoms with van der Waals surface area (Å²) in [4.78, 5) is 26.1. The van der Waals surface area contributed by atoms with E-state index in [9.17, 15) is 4.79 Å². The van der Waals surface area contributed by atoms with Gasteiger partial charge in [-0.25, -0.2) is 4.98 Å². The fourth-order valence-electron chi connectivity index (χ4n) is 5.15. The Kier molecular flexibility index (Phi) is 5.96. The lowest BCUT2D eigenvalue weighted by atomic mass is 9.90. The molecule has 2 atom stereocenters. The second-order valence-corrected chi connectivity index (χ2v) is 9.81. The van der Waals surface area contributed by atoms with Gasteiger partial charge in [0, 0.05) is 50.5 Å². The largest absolute Gasteiger partial charge is 0.356 e. The number of ether oxygens (including phenoxy) is 1. The van der Waals surface area contributed by atoms with E-state index in [1.165, 1.54) is 12.0 Å². The molecule has 1 amide bonds. The van der Waals surface area contributed by atoms with E-state index >= 15 is 0 Å². The molecule has 0 bridgehead atoms. The minimum atomic E-state index is -0.139. The van der Waals surface area contributed by atoms with E-state index in [1.54, 1.807) is 6.20 Å². The summed E-state index contributed by atoms with van der Waals surface area (Å²) in [6.07, 6.45) is 9.09. The van der Waals surface area contributed by atoms with Crippen molar-refractivity contribution < 1.29 is 9.53 Å². The van der Waals surface area contributed by atoms with E-state index < -0.39 is 0 Å². The van der Waals surface area contributed by atoms with Crippen LogP contribution in [0.1, 0.15) is 58.3 Å². The minimum Gasteiger partial charge on any atom is -0.356 e. The van der Waals surface area contributed by atoms with Gasteiger partial charge in [-0.3, -0.25) is 14.7 Å². The molecule has 0 saturated carbocycles. The molecule has 180 valence electrons. The van der Waals surface area contributed by atoms with E-state index in [2.05, 4.69) is 55.4 Å². The number of amides is 1. The predicted octanol–water partition coefficient (Wildman–Crippen LogP) is 4.52. The summed E-state index contributed by atoms with van der Waals surface area (Å²) in [5, 5.41) is 3.08. The summed E-state index contributed by atoms with van der Waals surface area (Å²) >= 11 is 0. The fraction of sp³-hybridized carbons (Fsp3) is 0.393. The maximum absolute atomic E-state index is 12.9. The average molecular weight is 470 g/mol. The second-order valence-electron chi connectivity index (χ2n) is 9.81. The molecule has 7 heteroatoms. The lowest BCUT2D eigenvalue weighted by molar-refractivity contribution is 0.102. The molecule has 3 aliphatic heterocycles. The predicted molar refractivity (Wildman–Crippen MR) is 136 cm³/mol. The van der Waals surface area contributed by atoms with Crippen molar-refractivity contribution in [2.75, 3.05) is 36.4 Å². The molecule has 6 rings (SSSR count). The number of anilines is 2. The van der Waals surface area contributed by atoms with Gasteiger partial charge in [0.15, 0.2) is 0 Å². The molecule has 2 aromatic heterocycles. The van der Waals surface area contributed by atoms with Gasteiger partial charge in [-0.05, 0) is 79.1 Å². The third-order valence-electron chi connectivity index (χ3n) is 7.56. The number of epoxide rings is 1. The Bertz CT molecular complexity index is 1190. The molecule has 3 aliphatic rings. The Labute approximate surface area is 206 Å². The fourth-order valence-corrected chi connectivity index (χ4v) is 5.15. The molecule has 3 aromatic rings. The molecule has 7 nitrogen and oxygen atoms in total. The number of rotatable bonds is 6. The van der Waals surface area contributed by atoms with Crippen molar-refractivity contribution in [3.63, 3.8) is 0 Å². The Balaban J connectivity index is 1.07. The van der Waals surface area contributed by atoms with E-state index in [1.807, 2.05) is 31.5 Å². The van der Waals surface area contributed by atoms with Crippen molar-refractivity contribution in [1.29, 1.82) is 0 Å². The zero-order valence-corrected chi connectivity index (χ0v) is 20.1. The highest BCUT2D eigenvalue weighted by atomic mass is 16.6. The van der Waals surface area contributed by atoms with Crippen LogP contribution >= 0.6 is 0 Å². The van der Waals surface area contributed by atoms with Gasteiger partial charge in [0.1, 0.15) is 18.1 Å². The second kappa shape index (κ2) is 9.40. The third kappa shape index (κ3) is 4.66. The topological polar surface area (TPSA) is 73.9 Å². The lowest BCUT2D eigenvalue weighted by Gasteiger charge is -2.31.